The van der Waals surface area contributed by atoms with Crippen LogP contribution in [-0.4, -0.2) is 74.9 Å². The van der Waals surface area contributed by atoms with E-state index in [1.165, 1.54) is 0 Å². The molecule has 2 aliphatic rings. The van der Waals surface area contributed by atoms with Gasteiger partial charge >= 0.3 is 6.61 Å². The number of aliphatic imine (C=N–C) groups is 1. The highest BCUT2D eigenvalue weighted by atomic mass is 19.3. The Kier molecular flexibility index (Phi) is 6.62. The first-order valence-electron chi connectivity index (χ1n) is 8.97. The van der Waals surface area contributed by atoms with Crippen LogP contribution in [0, 0.1) is 0 Å². The number of halogens is 2. The van der Waals surface area contributed by atoms with Gasteiger partial charge in [-0.25, -0.2) is 0 Å². The van der Waals surface area contributed by atoms with Crippen LogP contribution < -0.4 is 10.1 Å². The number of nitrogens with zero attached hydrogens (tertiary/aromatic N) is 3. The van der Waals surface area contributed by atoms with Crippen LogP contribution in [0.5, 0.6) is 5.75 Å². The van der Waals surface area contributed by atoms with Crippen LogP contribution in [0.1, 0.15) is 12.0 Å². The molecule has 2 aliphatic heterocycles. The molecule has 6 nitrogen and oxygen atoms in total. The Hall–Kier alpha value is -1.93. The number of benzene rings is 1. The van der Waals surface area contributed by atoms with Crippen LogP contribution in [0.4, 0.5) is 8.78 Å². The van der Waals surface area contributed by atoms with Crippen molar-refractivity contribution in [1.82, 2.24) is 15.1 Å². The third kappa shape index (κ3) is 4.82. The highest BCUT2D eigenvalue weighted by Crippen LogP contribution is 2.21. The molecule has 0 aromatic heterocycles. The summed E-state index contributed by atoms with van der Waals surface area (Å²) in [6.45, 7) is 2.93. The Morgan fingerprint density at radius 2 is 2.08 bits per heavy atom. The Labute approximate surface area is 152 Å². The van der Waals surface area contributed by atoms with Gasteiger partial charge in [-0.05, 0) is 12.5 Å². The number of nitrogens with one attached hydrogen (secondary N) is 1. The summed E-state index contributed by atoms with van der Waals surface area (Å²) in [6, 6.07) is 7.33. The maximum Gasteiger partial charge on any atom is 0.387 e. The normalized spacial score (nSPS) is 22.1. The Morgan fingerprint density at radius 1 is 1.31 bits per heavy atom. The molecule has 1 N–H and O–H groups in total. The molecule has 2 fully saturated rings. The standard InChI is InChI=1S/C18H26F2N4O2/c1-21-18(22-12-14-4-2-3-5-16(14)26-17(19)20)24-7-6-15(13-24)23-8-10-25-11-9-23/h2-5,15,17H,6-13H2,1H3,(H,21,22). The van der Waals surface area contributed by atoms with Gasteiger partial charge in [0.25, 0.3) is 0 Å². The van der Waals surface area contributed by atoms with Crippen molar-refractivity contribution in [2.75, 3.05) is 46.4 Å². The van der Waals surface area contributed by atoms with Gasteiger partial charge in [-0.15, -0.1) is 0 Å². The van der Waals surface area contributed by atoms with Crippen LogP contribution in [0.2, 0.25) is 0 Å². The predicted molar refractivity (Wildman–Crippen MR) is 95.6 cm³/mol. The second-order valence-corrected chi connectivity index (χ2v) is 6.42. The summed E-state index contributed by atoms with van der Waals surface area (Å²) >= 11 is 0. The van der Waals surface area contributed by atoms with Gasteiger partial charge in [0.05, 0.1) is 13.2 Å². The number of hydrogen-bond donors (Lipinski definition) is 1. The zero-order valence-electron chi connectivity index (χ0n) is 15.0. The monoisotopic (exact) mass is 368 g/mol. The molecule has 0 saturated carbocycles. The second-order valence-electron chi connectivity index (χ2n) is 6.42. The molecule has 144 valence electrons. The molecule has 1 aromatic carbocycles. The fraction of sp³-hybridized carbons (Fsp3) is 0.611. The fourth-order valence-corrected chi connectivity index (χ4v) is 3.54. The van der Waals surface area contributed by atoms with E-state index in [0.29, 0.717) is 18.2 Å². The average Bonchev–Trinajstić information content (AvgIpc) is 3.14. The zero-order valence-corrected chi connectivity index (χ0v) is 15.0. The lowest BCUT2D eigenvalue weighted by Crippen LogP contribution is -2.46. The van der Waals surface area contributed by atoms with E-state index in [9.17, 15) is 8.78 Å². The summed E-state index contributed by atoms with van der Waals surface area (Å²) in [5.74, 6) is 0.977. The molecule has 1 atom stereocenters. The van der Waals surface area contributed by atoms with E-state index in [4.69, 9.17) is 4.74 Å². The largest absolute Gasteiger partial charge is 0.434 e. The molecule has 8 heteroatoms. The van der Waals surface area contributed by atoms with E-state index < -0.39 is 6.61 Å². The molecule has 0 spiro atoms. The van der Waals surface area contributed by atoms with E-state index in [-0.39, 0.29) is 5.75 Å². The highest BCUT2D eigenvalue weighted by molar-refractivity contribution is 5.80. The van der Waals surface area contributed by atoms with Crippen molar-refractivity contribution >= 4 is 5.96 Å². The molecule has 0 aliphatic carbocycles. The maximum absolute atomic E-state index is 12.5. The number of ether oxygens (including phenoxy) is 2. The van der Waals surface area contributed by atoms with E-state index >= 15 is 0 Å². The number of rotatable bonds is 5. The van der Waals surface area contributed by atoms with Crippen LogP contribution in [0.25, 0.3) is 0 Å². The third-order valence-corrected chi connectivity index (χ3v) is 4.86. The quantitative estimate of drug-likeness (QED) is 0.634. The Morgan fingerprint density at radius 3 is 2.81 bits per heavy atom. The molecule has 0 bridgehead atoms. The van der Waals surface area contributed by atoms with Gasteiger partial charge in [-0.3, -0.25) is 9.89 Å². The zero-order chi connectivity index (χ0) is 18.4. The van der Waals surface area contributed by atoms with Crippen LogP contribution in [0.15, 0.2) is 29.3 Å². The van der Waals surface area contributed by atoms with Crippen LogP contribution >= 0.6 is 0 Å². The van der Waals surface area contributed by atoms with E-state index in [1.54, 1.807) is 25.2 Å². The number of likely N-dealkylation sites (tertiary alicyclic amines) is 1. The first-order valence-corrected chi connectivity index (χ1v) is 8.97. The van der Waals surface area contributed by atoms with Gasteiger partial charge in [-0.1, -0.05) is 18.2 Å². The first-order chi connectivity index (χ1) is 12.7. The molecule has 0 radical (unpaired) electrons. The number of guanidine groups is 1. The van der Waals surface area contributed by atoms with Gasteiger partial charge in [0, 0.05) is 51.4 Å². The Balaban J connectivity index is 1.56. The minimum atomic E-state index is -2.83. The summed E-state index contributed by atoms with van der Waals surface area (Å²) in [5.41, 5.74) is 0.679. The Bertz CT molecular complexity index is 609. The molecule has 1 aromatic rings. The number of hydrogen-bond acceptors (Lipinski definition) is 4. The van der Waals surface area contributed by atoms with Gasteiger partial charge in [-0.2, -0.15) is 8.78 Å². The molecule has 3 rings (SSSR count). The van der Waals surface area contributed by atoms with Gasteiger partial charge in [0.1, 0.15) is 5.75 Å². The SMILES string of the molecule is CN=C(NCc1ccccc1OC(F)F)N1CCC(N2CCOCC2)C1. The smallest absolute Gasteiger partial charge is 0.387 e. The molecular formula is C18H26F2N4O2. The van der Waals surface area contributed by atoms with Crippen molar-refractivity contribution in [2.45, 2.75) is 25.6 Å². The van der Waals surface area contributed by atoms with Crippen molar-refractivity contribution in [2.24, 2.45) is 4.99 Å². The lowest BCUT2D eigenvalue weighted by atomic mass is 10.2. The highest BCUT2D eigenvalue weighted by Gasteiger charge is 2.30. The molecule has 1 unspecified atom stereocenters. The van der Waals surface area contributed by atoms with E-state index in [0.717, 1.165) is 51.8 Å². The van der Waals surface area contributed by atoms with E-state index in [1.807, 2.05) is 6.07 Å². The number of morpholine rings is 1. The van der Waals surface area contributed by atoms with E-state index in [2.05, 4.69) is 24.8 Å². The minimum absolute atomic E-state index is 0.193. The topological polar surface area (TPSA) is 49.3 Å². The molecular weight excluding hydrogens is 342 g/mol. The second kappa shape index (κ2) is 9.14. The lowest BCUT2D eigenvalue weighted by molar-refractivity contribution is -0.0504. The van der Waals surface area contributed by atoms with Gasteiger partial charge in [0.2, 0.25) is 0 Å². The van der Waals surface area contributed by atoms with Crippen molar-refractivity contribution in [3.8, 4) is 5.75 Å². The fourth-order valence-electron chi connectivity index (χ4n) is 3.54. The summed E-state index contributed by atoms with van der Waals surface area (Å²) in [6.07, 6.45) is 1.09. The van der Waals surface area contributed by atoms with Crippen LogP contribution in [-0.2, 0) is 11.3 Å². The van der Waals surface area contributed by atoms with Crippen molar-refractivity contribution < 1.29 is 18.3 Å². The summed E-state index contributed by atoms with van der Waals surface area (Å²) in [4.78, 5) is 9.05. The van der Waals surface area contributed by atoms with Crippen LogP contribution in [0.3, 0.4) is 0 Å². The first kappa shape index (κ1) is 18.8. The maximum atomic E-state index is 12.5. The number of alkyl halides is 2. The summed E-state index contributed by atoms with van der Waals surface area (Å²) in [7, 11) is 1.74. The van der Waals surface area contributed by atoms with Crippen molar-refractivity contribution in [3.63, 3.8) is 0 Å². The summed E-state index contributed by atoms with van der Waals surface area (Å²) in [5, 5.41) is 3.27. The van der Waals surface area contributed by atoms with Gasteiger partial charge < -0.3 is 19.7 Å². The minimum Gasteiger partial charge on any atom is -0.434 e. The molecule has 26 heavy (non-hydrogen) atoms. The van der Waals surface area contributed by atoms with Crippen molar-refractivity contribution in [3.05, 3.63) is 29.8 Å². The predicted octanol–water partition coefficient (Wildman–Crippen LogP) is 1.77. The molecule has 0 amide bonds. The van der Waals surface area contributed by atoms with Gasteiger partial charge in [0.15, 0.2) is 5.96 Å². The molecule has 2 saturated heterocycles. The van der Waals surface area contributed by atoms with Crippen molar-refractivity contribution in [1.29, 1.82) is 0 Å². The molecule has 2 heterocycles. The lowest BCUT2D eigenvalue weighted by Gasteiger charge is -2.32. The summed E-state index contributed by atoms with van der Waals surface area (Å²) < 4.78 is 35.1. The average molecular weight is 368 g/mol. The third-order valence-electron chi connectivity index (χ3n) is 4.86. The number of para-hydroxylation sites is 1.